The fourth-order valence-corrected chi connectivity index (χ4v) is 1.97. The van der Waals surface area contributed by atoms with E-state index in [0.717, 1.165) is 5.56 Å². The molecule has 0 bridgehead atoms. The molecule has 132 valence electrons. The summed E-state index contributed by atoms with van der Waals surface area (Å²) < 4.78 is 15.3. The first kappa shape index (κ1) is 18.1. The highest BCUT2D eigenvalue weighted by Crippen LogP contribution is 2.27. The average molecular weight is 345 g/mol. The lowest BCUT2D eigenvalue weighted by Gasteiger charge is -2.09. The highest BCUT2D eigenvalue weighted by Gasteiger charge is 2.10. The Bertz CT molecular complexity index is 769. The Morgan fingerprint density at radius 3 is 2.56 bits per heavy atom. The summed E-state index contributed by atoms with van der Waals surface area (Å²) in [4.78, 5) is 23.4. The molecule has 0 fully saturated rings. The number of hydrogen-bond acceptors (Lipinski definition) is 6. The van der Waals surface area contributed by atoms with Crippen LogP contribution < -0.4 is 20.2 Å². The number of hydrazone groups is 1. The largest absolute Gasteiger partial charge is 0.493 e. The third-order valence-corrected chi connectivity index (χ3v) is 3.30. The molecule has 0 saturated heterocycles. The molecule has 0 unspecified atom stereocenters. The Hall–Kier alpha value is -3.29. The number of ether oxygens (including phenoxy) is 2. The highest BCUT2D eigenvalue weighted by molar-refractivity contribution is 6.00. The number of nitrogens with zero attached hydrogens (tertiary/aromatic N) is 1. The number of furan rings is 1. The van der Waals surface area contributed by atoms with Crippen molar-refractivity contribution < 1.29 is 23.5 Å². The number of amides is 2. The molecule has 8 nitrogen and oxygen atoms in total. The second-order valence-corrected chi connectivity index (χ2v) is 4.96. The summed E-state index contributed by atoms with van der Waals surface area (Å²) in [5, 5.41) is 6.44. The first-order valence-corrected chi connectivity index (χ1v) is 7.42. The van der Waals surface area contributed by atoms with Crippen LogP contribution in [0.4, 0.5) is 0 Å². The number of methoxy groups -OCH3 is 2. The van der Waals surface area contributed by atoms with Gasteiger partial charge in [-0.1, -0.05) is 0 Å². The minimum absolute atomic E-state index is 0.137. The lowest BCUT2D eigenvalue weighted by Crippen LogP contribution is -2.35. The van der Waals surface area contributed by atoms with Gasteiger partial charge in [0.15, 0.2) is 17.3 Å². The van der Waals surface area contributed by atoms with E-state index in [0.29, 0.717) is 17.2 Å². The maximum Gasteiger partial charge on any atom is 0.287 e. The predicted molar refractivity (Wildman–Crippen MR) is 90.9 cm³/mol. The van der Waals surface area contributed by atoms with E-state index in [2.05, 4.69) is 15.8 Å². The molecule has 2 aromatic rings. The molecule has 0 spiro atoms. The van der Waals surface area contributed by atoms with Crippen molar-refractivity contribution >= 4 is 17.5 Å². The molecule has 0 aliphatic heterocycles. The zero-order valence-corrected chi connectivity index (χ0v) is 14.2. The zero-order chi connectivity index (χ0) is 18.2. The summed E-state index contributed by atoms with van der Waals surface area (Å²) in [6.07, 6.45) is 1.38. The molecule has 2 rings (SSSR count). The van der Waals surface area contributed by atoms with Gasteiger partial charge in [-0.3, -0.25) is 9.59 Å². The van der Waals surface area contributed by atoms with E-state index in [1.54, 1.807) is 38.3 Å². The van der Waals surface area contributed by atoms with Crippen LogP contribution in [0.15, 0.2) is 46.1 Å². The van der Waals surface area contributed by atoms with Crippen molar-refractivity contribution in [1.29, 1.82) is 0 Å². The molecule has 8 heteroatoms. The first-order valence-electron chi connectivity index (χ1n) is 7.42. The van der Waals surface area contributed by atoms with Gasteiger partial charge < -0.3 is 19.2 Å². The minimum atomic E-state index is -0.472. The van der Waals surface area contributed by atoms with Crippen LogP contribution in [0.2, 0.25) is 0 Å². The normalized spacial score (nSPS) is 10.9. The van der Waals surface area contributed by atoms with Gasteiger partial charge in [0.25, 0.3) is 11.8 Å². The lowest BCUT2D eigenvalue weighted by atomic mass is 10.1. The highest BCUT2D eigenvalue weighted by atomic mass is 16.5. The van der Waals surface area contributed by atoms with E-state index in [1.807, 2.05) is 0 Å². The van der Waals surface area contributed by atoms with E-state index >= 15 is 0 Å². The SMILES string of the molecule is COc1ccc(/C(C)=N/NC(=O)CNC(=O)c2ccco2)cc1OC. The molecule has 0 atom stereocenters. The summed E-state index contributed by atoms with van der Waals surface area (Å²) >= 11 is 0. The van der Waals surface area contributed by atoms with Crippen molar-refractivity contribution in [2.45, 2.75) is 6.92 Å². The fourth-order valence-electron chi connectivity index (χ4n) is 1.97. The summed E-state index contributed by atoms with van der Waals surface area (Å²) in [6.45, 7) is 1.52. The van der Waals surface area contributed by atoms with Gasteiger partial charge in [0, 0.05) is 5.56 Å². The van der Waals surface area contributed by atoms with E-state index in [-0.39, 0.29) is 12.3 Å². The van der Waals surface area contributed by atoms with Crippen LogP contribution in [0, 0.1) is 0 Å². The number of carbonyl (C=O) groups excluding carboxylic acids is 2. The van der Waals surface area contributed by atoms with Gasteiger partial charge in [0.05, 0.1) is 32.7 Å². The van der Waals surface area contributed by atoms with Gasteiger partial charge in [-0.25, -0.2) is 5.43 Å². The van der Waals surface area contributed by atoms with Crippen LogP contribution in [0.5, 0.6) is 11.5 Å². The van der Waals surface area contributed by atoms with E-state index < -0.39 is 11.8 Å². The molecular formula is C17H19N3O5. The number of rotatable bonds is 7. The van der Waals surface area contributed by atoms with Crippen LogP contribution in [0.1, 0.15) is 23.0 Å². The van der Waals surface area contributed by atoms with Crippen LogP contribution in [-0.4, -0.2) is 38.3 Å². The van der Waals surface area contributed by atoms with Crippen molar-refractivity contribution in [3.05, 3.63) is 47.9 Å². The van der Waals surface area contributed by atoms with Gasteiger partial charge >= 0.3 is 0 Å². The second kappa shape index (κ2) is 8.53. The fraction of sp³-hybridized carbons (Fsp3) is 0.235. The first-order chi connectivity index (χ1) is 12.0. The maximum absolute atomic E-state index is 11.8. The summed E-state index contributed by atoms with van der Waals surface area (Å²) in [5.74, 6) is 0.369. The Balaban J connectivity index is 1.91. The second-order valence-electron chi connectivity index (χ2n) is 4.96. The van der Waals surface area contributed by atoms with Crippen molar-refractivity contribution in [3.63, 3.8) is 0 Å². The molecule has 1 heterocycles. The topological polar surface area (TPSA) is 102 Å². The smallest absolute Gasteiger partial charge is 0.287 e. The number of hydrogen-bond donors (Lipinski definition) is 2. The number of carbonyl (C=O) groups is 2. The molecule has 0 aliphatic rings. The molecule has 0 aliphatic carbocycles. The Labute approximate surface area is 144 Å². The van der Waals surface area contributed by atoms with E-state index in [9.17, 15) is 9.59 Å². The summed E-state index contributed by atoms with van der Waals surface area (Å²) in [6, 6.07) is 8.39. The van der Waals surface area contributed by atoms with Crippen LogP contribution in [-0.2, 0) is 4.79 Å². The number of nitrogens with one attached hydrogen (secondary N) is 2. The summed E-state index contributed by atoms with van der Waals surface area (Å²) in [5.41, 5.74) is 3.72. The van der Waals surface area contributed by atoms with E-state index in [4.69, 9.17) is 13.9 Å². The van der Waals surface area contributed by atoms with Gasteiger partial charge in [-0.05, 0) is 37.3 Å². The van der Waals surface area contributed by atoms with Gasteiger partial charge in [-0.2, -0.15) is 5.10 Å². The monoisotopic (exact) mass is 345 g/mol. The van der Waals surface area contributed by atoms with Gasteiger partial charge in [-0.15, -0.1) is 0 Å². The van der Waals surface area contributed by atoms with Crippen molar-refractivity contribution in [2.24, 2.45) is 5.10 Å². The predicted octanol–water partition coefficient (Wildman–Crippen LogP) is 1.57. The average Bonchev–Trinajstić information content (AvgIpc) is 3.18. The van der Waals surface area contributed by atoms with Gasteiger partial charge in [0.1, 0.15) is 0 Å². The molecule has 2 amide bonds. The van der Waals surface area contributed by atoms with Crippen LogP contribution in [0.25, 0.3) is 0 Å². The minimum Gasteiger partial charge on any atom is -0.493 e. The lowest BCUT2D eigenvalue weighted by molar-refractivity contribution is -0.120. The molecule has 25 heavy (non-hydrogen) atoms. The molecule has 2 N–H and O–H groups in total. The molecule has 1 aromatic heterocycles. The Morgan fingerprint density at radius 1 is 1.16 bits per heavy atom. The van der Waals surface area contributed by atoms with Crippen LogP contribution in [0.3, 0.4) is 0 Å². The molecule has 1 aromatic carbocycles. The van der Waals surface area contributed by atoms with Crippen molar-refractivity contribution in [2.75, 3.05) is 20.8 Å². The van der Waals surface area contributed by atoms with Crippen LogP contribution >= 0.6 is 0 Å². The Kier molecular flexibility index (Phi) is 6.16. The summed E-state index contributed by atoms with van der Waals surface area (Å²) in [7, 11) is 3.09. The van der Waals surface area contributed by atoms with E-state index in [1.165, 1.54) is 19.4 Å². The third kappa shape index (κ3) is 4.84. The molecule has 0 saturated carbocycles. The standard InChI is InChI=1S/C17H19N3O5/c1-11(12-6-7-13(23-2)15(9-12)24-3)19-20-16(21)10-18-17(22)14-5-4-8-25-14/h4-9H,10H2,1-3H3,(H,18,22)(H,20,21)/b19-11+. The third-order valence-electron chi connectivity index (χ3n) is 3.30. The molecule has 0 radical (unpaired) electrons. The quantitative estimate of drug-likeness (QED) is 0.586. The van der Waals surface area contributed by atoms with Crippen molar-refractivity contribution in [3.8, 4) is 11.5 Å². The van der Waals surface area contributed by atoms with Gasteiger partial charge in [0.2, 0.25) is 0 Å². The maximum atomic E-state index is 11.8. The zero-order valence-electron chi connectivity index (χ0n) is 14.2. The molecular weight excluding hydrogens is 326 g/mol. The number of benzene rings is 1. The Morgan fingerprint density at radius 2 is 1.92 bits per heavy atom. The van der Waals surface area contributed by atoms with Crippen molar-refractivity contribution in [1.82, 2.24) is 10.7 Å².